The lowest BCUT2D eigenvalue weighted by Crippen LogP contribution is -2.57. The molecule has 0 saturated heterocycles. The first-order valence-electron chi connectivity index (χ1n) is 6.66. The van der Waals surface area contributed by atoms with E-state index in [1.54, 1.807) is 7.11 Å². The van der Waals surface area contributed by atoms with Gasteiger partial charge in [0.15, 0.2) is 0 Å². The van der Waals surface area contributed by atoms with E-state index in [1.165, 1.54) is 17.3 Å². The number of rotatable bonds is 4. The number of hydrogen-bond donors (Lipinski definition) is 2. The first kappa shape index (κ1) is 13.7. The number of hydrogen-bond acceptors (Lipinski definition) is 8. The molecule has 0 radical (unpaired) electrons. The molecule has 2 unspecified atom stereocenters. The molecule has 1 fully saturated rings. The maximum absolute atomic E-state index is 5.73. The molecular weight excluding hydrogens is 272 g/mol. The minimum Gasteiger partial charge on any atom is -0.381 e. The summed E-state index contributed by atoms with van der Waals surface area (Å²) < 4.78 is 6.87. The molecule has 0 aliphatic heterocycles. The van der Waals surface area contributed by atoms with Crippen LogP contribution in [0.4, 0.5) is 11.9 Å². The Hall–Kier alpha value is -2.29. The van der Waals surface area contributed by atoms with E-state index in [4.69, 9.17) is 10.5 Å². The Kier molecular flexibility index (Phi) is 3.20. The average Bonchev–Trinajstić information content (AvgIpc) is 2.96. The lowest BCUT2D eigenvalue weighted by atomic mass is 9.64. The van der Waals surface area contributed by atoms with Crippen molar-refractivity contribution in [3.8, 4) is 5.95 Å². The second-order valence-electron chi connectivity index (χ2n) is 5.64. The van der Waals surface area contributed by atoms with Gasteiger partial charge in [0.1, 0.15) is 12.7 Å². The summed E-state index contributed by atoms with van der Waals surface area (Å²) in [7, 11) is 1.73. The minimum atomic E-state index is 0.00353. The third-order valence-corrected chi connectivity index (χ3v) is 4.03. The molecule has 2 aromatic rings. The molecular formula is C12H18N8O. The van der Waals surface area contributed by atoms with Crippen molar-refractivity contribution in [2.75, 3.05) is 18.2 Å². The van der Waals surface area contributed by atoms with Gasteiger partial charge in [0.2, 0.25) is 11.9 Å². The van der Waals surface area contributed by atoms with Gasteiger partial charge in [-0.3, -0.25) is 0 Å². The van der Waals surface area contributed by atoms with E-state index >= 15 is 0 Å². The van der Waals surface area contributed by atoms with Crippen molar-refractivity contribution in [2.24, 2.45) is 5.41 Å². The van der Waals surface area contributed by atoms with Crippen molar-refractivity contribution < 1.29 is 4.74 Å². The van der Waals surface area contributed by atoms with Crippen LogP contribution in [0.25, 0.3) is 5.95 Å². The molecule has 2 atom stereocenters. The summed E-state index contributed by atoms with van der Waals surface area (Å²) in [5.74, 6) is 0.905. The summed E-state index contributed by atoms with van der Waals surface area (Å²) in [4.78, 5) is 16.4. The molecule has 9 heteroatoms. The van der Waals surface area contributed by atoms with Gasteiger partial charge >= 0.3 is 0 Å². The smallest absolute Gasteiger partial charge is 0.258 e. The zero-order chi connectivity index (χ0) is 15.0. The largest absolute Gasteiger partial charge is 0.381 e. The van der Waals surface area contributed by atoms with Gasteiger partial charge in [-0.25, -0.2) is 4.98 Å². The SMILES string of the molecule is COC1CC(Nc2nc(N)nc(-n3cncn3)n2)C1(C)C. The summed E-state index contributed by atoms with van der Waals surface area (Å²) in [6, 6.07) is 0.216. The van der Waals surface area contributed by atoms with E-state index in [9.17, 15) is 0 Å². The highest BCUT2D eigenvalue weighted by Crippen LogP contribution is 2.43. The molecule has 1 saturated carbocycles. The molecule has 0 amide bonds. The van der Waals surface area contributed by atoms with Crippen LogP contribution < -0.4 is 11.1 Å². The van der Waals surface area contributed by atoms with Gasteiger partial charge in [-0.1, -0.05) is 13.8 Å². The Morgan fingerprint density at radius 3 is 2.81 bits per heavy atom. The van der Waals surface area contributed by atoms with Crippen LogP contribution in [-0.4, -0.2) is 49.0 Å². The zero-order valence-corrected chi connectivity index (χ0v) is 12.2. The number of methoxy groups -OCH3 is 1. The number of nitrogens with zero attached hydrogens (tertiary/aromatic N) is 6. The molecule has 1 aliphatic rings. The highest BCUT2D eigenvalue weighted by Gasteiger charge is 2.48. The predicted octanol–water partition coefficient (Wildman–Crippen LogP) is 0.260. The summed E-state index contributed by atoms with van der Waals surface area (Å²) in [5.41, 5.74) is 5.74. The standard InChI is InChI=1S/C12H18N8O/c1-12(2)7(4-8(12)21-3)16-10-17-9(13)18-11(19-10)20-6-14-5-15-20/h5-8H,4H2,1-3H3,(H3,13,16,17,18,19). The lowest BCUT2D eigenvalue weighted by Gasteiger charge is -2.51. The number of nitrogen functional groups attached to an aromatic ring is 1. The number of nitrogens with one attached hydrogen (secondary N) is 1. The van der Waals surface area contributed by atoms with E-state index in [0.717, 1.165) is 6.42 Å². The van der Waals surface area contributed by atoms with Crippen LogP contribution in [0.1, 0.15) is 20.3 Å². The van der Waals surface area contributed by atoms with Gasteiger partial charge in [0.25, 0.3) is 5.95 Å². The molecule has 1 aliphatic carbocycles. The van der Waals surface area contributed by atoms with Crippen LogP contribution in [-0.2, 0) is 4.74 Å². The topological polar surface area (TPSA) is 117 Å². The monoisotopic (exact) mass is 290 g/mol. The molecule has 3 N–H and O–H groups in total. The average molecular weight is 290 g/mol. The molecule has 0 spiro atoms. The number of ether oxygens (including phenoxy) is 1. The van der Waals surface area contributed by atoms with Gasteiger partial charge in [-0.15, -0.1) is 0 Å². The summed E-state index contributed by atoms with van der Waals surface area (Å²) in [5, 5.41) is 7.28. The van der Waals surface area contributed by atoms with Crippen molar-refractivity contribution >= 4 is 11.9 Å². The molecule has 112 valence electrons. The Labute approximate surface area is 122 Å². The zero-order valence-electron chi connectivity index (χ0n) is 12.2. The quantitative estimate of drug-likeness (QED) is 0.823. The normalized spacial score (nSPS) is 23.6. The summed E-state index contributed by atoms with van der Waals surface area (Å²) in [6.07, 6.45) is 4.04. The number of aromatic nitrogens is 6. The van der Waals surface area contributed by atoms with Crippen LogP contribution >= 0.6 is 0 Å². The van der Waals surface area contributed by atoms with Gasteiger partial charge in [0, 0.05) is 18.6 Å². The van der Waals surface area contributed by atoms with Gasteiger partial charge < -0.3 is 15.8 Å². The minimum absolute atomic E-state index is 0.00353. The molecule has 3 rings (SSSR count). The van der Waals surface area contributed by atoms with E-state index in [2.05, 4.69) is 44.2 Å². The molecule has 2 aromatic heterocycles. The highest BCUT2D eigenvalue weighted by molar-refractivity contribution is 5.37. The fourth-order valence-corrected chi connectivity index (χ4v) is 2.55. The Morgan fingerprint density at radius 1 is 1.38 bits per heavy atom. The first-order chi connectivity index (χ1) is 10.0. The Balaban J connectivity index is 1.81. The van der Waals surface area contributed by atoms with Gasteiger partial charge in [0.05, 0.1) is 6.10 Å². The molecule has 2 heterocycles. The fraction of sp³-hybridized carbons (Fsp3) is 0.583. The van der Waals surface area contributed by atoms with Crippen LogP contribution in [0.5, 0.6) is 0 Å². The van der Waals surface area contributed by atoms with Crippen LogP contribution in [0.2, 0.25) is 0 Å². The summed E-state index contributed by atoms with van der Waals surface area (Å²) >= 11 is 0. The Morgan fingerprint density at radius 2 is 2.19 bits per heavy atom. The highest BCUT2D eigenvalue weighted by atomic mass is 16.5. The molecule has 21 heavy (non-hydrogen) atoms. The van der Waals surface area contributed by atoms with Crippen molar-refractivity contribution in [1.82, 2.24) is 29.7 Å². The van der Waals surface area contributed by atoms with E-state index in [1.807, 2.05) is 0 Å². The van der Waals surface area contributed by atoms with Crippen molar-refractivity contribution in [1.29, 1.82) is 0 Å². The number of nitrogens with two attached hydrogens (primary N) is 1. The maximum Gasteiger partial charge on any atom is 0.258 e. The van der Waals surface area contributed by atoms with Crippen molar-refractivity contribution in [3.05, 3.63) is 12.7 Å². The summed E-state index contributed by atoms with van der Waals surface area (Å²) in [6.45, 7) is 4.29. The maximum atomic E-state index is 5.73. The first-order valence-corrected chi connectivity index (χ1v) is 6.66. The number of anilines is 2. The molecule has 0 bridgehead atoms. The van der Waals surface area contributed by atoms with Gasteiger partial charge in [-0.2, -0.15) is 24.7 Å². The third-order valence-electron chi connectivity index (χ3n) is 4.03. The van der Waals surface area contributed by atoms with E-state index < -0.39 is 0 Å². The molecule has 9 nitrogen and oxygen atoms in total. The van der Waals surface area contributed by atoms with Gasteiger partial charge in [-0.05, 0) is 6.42 Å². The predicted molar refractivity (Wildman–Crippen MR) is 75.8 cm³/mol. The van der Waals surface area contributed by atoms with E-state index in [-0.39, 0.29) is 23.5 Å². The van der Waals surface area contributed by atoms with Crippen LogP contribution in [0.15, 0.2) is 12.7 Å². The second-order valence-corrected chi connectivity index (χ2v) is 5.64. The van der Waals surface area contributed by atoms with Crippen molar-refractivity contribution in [2.45, 2.75) is 32.4 Å². The van der Waals surface area contributed by atoms with Crippen LogP contribution in [0.3, 0.4) is 0 Å². The van der Waals surface area contributed by atoms with Crippen LogP contribution in [0, 0.1) is 5.41 Å². The fourth-order valence-electron chi connectivity index (χ4n) is 2.55. The second kappa shape index (κ2) is 4.92. The lowest BCUT2D eigenvalue weighted by molar-refractivity contribution is -0.0796. The Bertz CT molecular complexity index is 626. The van der Waals surface area contributed by atoms with Crippen molar-refractivity contribution in [3.63, 3.8) is 0 Å². The third kappa shape index (κ3) is 2.40. The molecule has 0 aromatic carbocycles. The van der Waals surface area contributed by atoms with E-state index in [0.29, 0.717) is 11.9 Å².